The molecule has 1 aliphatic carbocycles. The Morgan fingerprint density at radius 3 is 2.40 bits per heavy atom. The second-order valence-corrected chi connectivity index (χ2v) is 7.44. The summed E-state index contributed by atoms with van der Waals surface area (Å²) in [7, 11) is 0. The highest BCUT2D eigenvalue weighted by Crippen LogP contribution is 2.32. The van der Waals surface area contributed by atoms with E-state index >= 15 is 0 Å². The van der Waals surface area contributed by atoms with Crippen molar-refractivity contribution in [2.24, 2.45) is 0 Å². The quantitative estimate of drug-likeness (QED) is 0.744. The number of hydrogen-bond donors (Lipinski definition) is 3. The van der Waals surface area contributed by atoms with E-state index in [2.05, 4.69) is 0 Å². The summed E-state index contributed by atoms with van der Waals surface area (Å²) in [6.45, 7) is 0.858. The number of nitrogens with zero attached hydrogens (tertiary/aromatic N) is 1. The molecule has 5 nitrogen and oxygen atoms in total. The molecule has 1 aromatic carbocycles. The summed E-state index contributed by atoms with van der Waals surface area (Å²) in [5.74, 6) is -1.57. The molecule has 0 unspecified atom stereocenters. The minimum Gasteiger partial charge on any atom is -0.490 e. The molecule has 1 aromatic rings. The largest absolute Gasteiger partial charge is 0.490 e. The lowest BCUT2D eigenvalue weighted by molar-refractivity contribution is -0.147. The van der Waals surface area contributed by atoms with Crippen LogP contribution in [0.1, 0.15) is 32.1 Å². The number of aliphatic hydroxyl groups is 3. The van der Waals surface area contributed by atoms with Gasteiger partial charge in [-0.15, -0.1) is 0 Å². The number of ether oxygens (including phenoxy) is 1. The summed E-state index contributed by atoms with van der Waals surface area (Å²) >= 11 is 0. The van der Waals surface area contributed by atoms with Crippen molar-refractivity contribution in [1.82, 2.24) is 4.90 Å². The molecule has 1 saturated carbocycles. The third kappa shape index (κ3) is 4.47. The fourth-order valence-electron chi connectivity index (χ4n) is 3.85. The normalized spacial score (nSPS) is 29.7. The van der Waals surface area contributed by atoms with Gasteiger partial charge in [-0.2, -0.15) is 0 Å². The van der Waals surface area contributed by atoms with Crippen molar-refractivity contribution >= 4 is 0 Å². The van der Waals surface area contributed by atoms with Gasteiger partial charge >= 0.3 is 0 Å². The summed E-state index contributed by atoms with van der Waals surface area (Å²) < 4.78 is 31.8. The van der Waals surface area contributed by atoms with Crippen LogP contribution in [0.5, 0.6) is 5.75 Å². The van der Waals surface area contributed by atoms with Crippen LogP contribution in [0.25, 0.3) is 0 Å². The van der Waals surface area contributed by atoms with E-state index in [1.165, 1.54) is 0 Å². The maximum atomic E-state index is 13.2. The zero-order valence-corrected chi connectivity index (χ0v) is 14.1. The van der Waals surface area contributed by atoms with Gasteiger partial charge in [-0.05, 0) is 19.3 Å². The Morgan fingerprint density at radius 1 is 1.12 bits per heavy atom. The predicted octanol–water partition coefficient (Wildman–Crippen LogP) is 1.45. The van der Waals surface area contributed by atoms with Gasteiger partial charge in [0.25, 0.3) is 0 Å². The van der Waals surface area contributed by atoms with Gasteiger partial charge < -0.3 is 20.1 Å². The van der Waals surface area contributed by atoms with Gasteiger partial charge in [0.2, 0.25) is 0 Å². The number of likely N-dealkylation sites (tertiary alicyclic amines) is 1. The molecule has 0 bridgehead atoms. The topological polar surface area (TPSA) is 73.2 Å². The molecule has 1 saturated heterocycles. The molecule has 2 fully saturated rings. The molecule has 25 heavy (non-hydrogen) atoms. The highest BCUT2D eigenvalue weighted by atomic mass is 19.1. The number of piperidine rings is 1. The number of rotatable bonds is 5. The van der Waals surface area contributed by atoms with Gasteiger partial charge in [-0.25, -0.2) is 8.78 Å². The summed E-state index contributed by atoms with van der Waals surface area (Å²) in [5, 5.41) is 31.5. The van der Waals surface area contributed by atoms with E-state index in [9.17, 15) is 24.1 Å². The smallest absolute Gasteiger partial charge is 0.137 e. The zero-order valence-electron chi connectivity index (χ0n) is 14.1. The highest BCUT2D eigenvalue weighted by molar-refractivity contribution is 5.24. The molecule has 140 valence electrons. The van der Waals surface area contributed by atoms with Crippen molar-refractivity contribution in [2.45, 2.75) is 49.4 Å². The van der Waals surface area contributed by atoms with Gasteiger partial charge in [0, 0.05) is 37.8 Å². The predicted molar refractivity (Wildman–Crippen MR) is 87.3 cm³/mol. The fraction of sp³-hybridized carbons (Fsp3) is 0.667. The van der Waals surface area contributed by atoms with Crippen LogP contribution in [0.3, 0.4) is 0 Å². The molecule has 7 heteroatoms. The summed E-state index contributed by atoms with van der Waals surface area (Å²) in [6.07, 6.45) is 2.80. The summed E-state index contributed by atoms with van der Waals surface area (Å²) in [6, 6.07) is 2.79. The Bertz CT molecular complexity index is 588. The maximum absolute atomic E-state index is 13.2. The molecular formula is C18H25F2NO4. The first-order valence-electron chi connectivity index (χ1n) is 8.72. The van der Waals surface area contributed by atoms with Gasteiger partial charge in [-0.1, -0.05) is 12.8 Å². The van der Waals surface area contributed by atoms with E-state index in [1.807, 2.05) is 4.90 Å². The number of hydrogen-bond acceptors (Lipinski definition) is 5. The first kappa shape index (κ1) is 18.5. The number of benzene rings is 1. The fourth-order valence-corrected chi connectivity index (χ4v) is 3.85. The van der Waals surface area contributed by atoms with Crippen LogP contribution < -0.4 is 4.74 Å². The maximum Gasteiger partial charge on any atom is 0.137 e. The third-order valence-corrected chi connectivity index (χ3v) is 5.21. The van der Waals surface area contributed by atoms with Crippen LogP contribution in [0.4, 0.5) is 8.78 Å². The Balaban J connectivity index is 1.63. The Kier molecular flexibility index (Phi) is 5.29. The van der Waals surface area contributed by atoms with Crippen molar-refractivity contribution in [2.75, 3.05) is 26.2 Å². The second kappa shape index (κ2) is 7.15. The lowest BCUT2D eigenvalue weighted by Crippen LogP contribution is -2.61. The standard InChI is InChI=1S/C18H25F2NO4/c19-13-7-14(20)9-15(8-13)25-12-18(24)11-21(6-3-16(18)22)10-17(23)4-1-2-5-17/h7-9,16,22-24H,1-6,10-12H2/t16-,18-/m0/s1. The van der Waals surface area contributed by atoms with Crippen LogP contribution in [-0.4, -0.2) is 63.8 Å². The summed E-state index contributed by atoms with van der Waals surface area (Å²) in [5.41, 5.74) is -2.30. The molecule has 2 atom stereocenters. The van der Waals surface area contributed by atoms with Crippen molar-refractivity contribution < 1.29 is 28.8 Å². The number of halogens is 2. The molecule has 3 rings (SSSR count). The average Bonchev–Trinajstić information content (AvgIpc) is 2.95. The number of aliphatic hydroxyl groups excluding tert-OH is 1. The molecule has 3 N–H and O–H groups in total. The molecule has 0 spiro atoms. The van der Waals surface area contributed by atoms with Crippen LogP contribution >= 0.6 is 0 Å². The van der Waals surface area contributed by atoms with Gasteiger partial charge in [-0.3, -0.25) is 4.90 Å². The molecule has 0 amide bonds. The summed E-state index contributed by atoms with van der Waals surface area (Å²) in [4.78, 5) is 1.92. The SMILES string of the molecule is O[C@H]1CCN(CC2(O)CCCC2)C[C@]1(O)COc1cc(F)cc(F)c1. The molecule has 1 aliphatic heterocycles. The monoisotopic (exact) mass is 357 g/mol. The van der Waals surface area contributed by atoms with Gasteiger partial charge in [0.1, 0.15) is 29.6 Å². The lowest BCUT2D eigenvalue weighted by atomic mass is 9.89. The van der Waals surface area contributed by atoms with Crippen LogP contribution in [-0.2, 0) is 0 Å². The van der Waals surface area contributed by atoms with Gasteiger partial charge in [0.15, 0.2) is 0 Å². The zero-order chi connectivity index (χ0) is 18.1. The Hall–Kier alpha value is -1.28. The minimum atomic E-state index is -1.56. The molecule has 1 heterocycles. The molecule has 2 aliphatic rings. The molecule has 0 radical (unpaired) electrons. The number of β-amino-alcohol motifs (C(OH)–C–C–N with tert-alkyl or cyclic N) is 2. The highest BCUT2D eigenvalue weighted by Gasteiger charge is 2.44. The van der Waals surface area contributed by atoms with Crippen molar-refractivity contribution in [1.29, 1.82) is 0 Å². The average molecular weight is 357 g/mol. The minimum absolute atomic E-state index is 0.0373. The Labute approximate surface area is 145 Å². The first-order chi connectivity index (χ1) is 11.8. The van der Waals surface area contributed by atoms with E-state index in [0.29, 0.717) is 19.5 Å². The van der Waals surface area contributed by atoms with E-state index in [0.717, 1.165) is 43.9 Å². The van der Waals surface area contributed by atoms with E-state index in [-0.39, 0.29) is 18.9 Å². The first-order valence-corrected chi connectivity index (χ1v) is 8.72. The molecular weight excluding hydrogens is 332 g/mol. The molecule has 0 aromatic heterocycles. The van der Waals surface area contributed by atoms with Crippen molar-refractivity contribution in [3.8, 4) is 5.75 Å². The third-order valence-electron chi connectivity index (χ3n) is 5.21. The Morgan fingerprint density at radius 2 is 1.76 bits per heavy atom. The van der Waals surface area contributed by atoms with E-state index < -0.39 is 28.9 Å². The van der Waals surface area contributed by atoms with E-state index in [4.69, 9.17) is 4.74 Å². The van der Waals surface area contributed by atoms with Crippen molar-refractivity contribution in [3.63, 3.8) is 0 Å². The van der Waals surface area contributed by atoms with E-state index in [1.54, 1.807) is 0 Å². The van der Waals surface area contributed by atoms with Gasteiger partial charge in [0.05, 0.1) is 11.7 Å². The second-order valence-electron chi connectivity index (χ2n) is 7.44. The van der Waals surface area contributed by atoms with Crippen LogP contribution in [0.2, 0.25) is 0 Å². The van der Waals surface area contributed by atoms with Crippen LogP contribution in [0.15, 0.2) is 18.2 Å². The van der Waals surface area contributed by atoms with Crippen molar-refractivity contribution in [3.05, 3.63) is 29.8 Å². The lowest BCUT2D eigenvalue weighted by Gasteiger charge is -2.44. The van der Waals surface area contributed by atoms with Crippen LogP contribution in [0, 0.1) is 11.6 Å².